The average molecular weight is 624 g/mol. The smallest absolute Gasteiger partial charge is 0.419 e. The highest BCUT2D eigenvalue weighted by Crippen LogP contribution is 2.37. The number of benzene rings is 2. The van der Waals surface area contributed by atoms with E-state index in [1.165, 1.54) is 9.47 Å². The minimum atomic E-state index is -5.11. The van der Waals surface area contributed by atoms with Crippen molar-refractivity contribution in [2.75, 3.05) is 19.6 Å². The second kappa shape index (κ2) is 11.2. The zero-order valence-electron chi connectivity index (χ0n) is 24.3. The van der Waals surface area contributed by atoms with Crippen LogP contribution in [0.1, 0.15) is 60.7 Å². The maximum atomic E-state index is 13.9. The predicted molar refractivity (Wildman–Crippen MR) is 148 cm³/mol. The first-order valence-electron chi connectivity index (χ1n) is 14.1. The molecule has 0 bridgehead atoms. The second-order valence-electron chi connectivity index (χ2n) is 12.3. The van der Waals surface area contributed by atoms with Crippen LogP contribution in [0.4, 0.5) is 31.1 Å². The van der Waals surface area contributed by atoms with Gasteiger partial charge in [-0.2, -0.15) is 26.3 Å². The van der Waals surface area contributed by atoms with E-state index < -0.39 is 52.7 Å². The maximum Gasteiger partial charge on any atom is 0.419 e. The molecule has 2 saturated heterocycles. The van der Waals surface area contributed by atoms with Crippen molar-refractivity contribution in [1.82, 2.24) is 14.4 Å². The van der Waals surface area contributed by atoms with E-state index in [0.717, 1.165) is 0 Å². The lowest BCUT2D eigenvalue weighted by molar-refractivity contribution is -0.143. The summed E-state index contributed by atoms with van der Waals surface area (Å²) in [5.74, 6) is -0.965. The van der Waals surface area contributed by atoms with E-state index in [-0.39, 0.29) is 50.4 Å². The largest absolute Gasteiger partial charge is 0.443 e. The van der Waals surface area contributed by atoms with Crippen molar-refractivity contribution < 1.29 is 45.5 Å². The molecule has 44 heavy (non-hydrogen) atoms. The van der Waals surface area contributed by atoms with Crippen LogP contribution >= 0.6 is 0 Å². The van der Waals surface area contributed by atoms with Crippen molar-refractivity contribution in [3.05, 3.63) is 70.9 Å². The van der Waals surface area contributed by atoms with Gasteiger partial charge in [0, 0.05) is 48.7 Å². The van der Waals surface area contributed by atoms with Gasteiger partial charge in [-0.05, 0) is 63.4 Å². The van der Waals surface area contributed by atoms with Gasteiger partial charge >= 0.3 is 18.4 Å². The summed E-state index contributed by atoms with van der Waals surface area (Å²) >= 11 is 0. The number of rotatable bonds is 3. The molecule has 3 aromatic rings. The van der Waals surface area contributed by atoms with Crippen molar-refractivity contribution in [3.63, 3.8) is 0 Å². The summed E-state index contributed by atoms with van der Waals surface area (Å²) in [6.07, 6.45) is -8.50. The molecule has 5 rings (SSSR count). The van der Waals surface area contributed by atoms with Gasteiger partial charge in [0.25, 0.3) is 5.91 Å². The Balaban J connectivity index is 1.55. The summed E-state index contributed by atoms with van der Waals surface area (Å²) in [7, 11) is 0. The Kier molecular flexibility index (Phi) is 8.06. The van der Waals surface area contributed by atoms with Gasteiger partial charge in [0.1, 0.15) is 11.4 Å². The van der Waals surface area contributed by atoms with E-state index in [1.54, 1.807) is 51.2 Å². The van der Waals surface area contributed by atoms with E-state index in [9.17, 15) is 40.7 Å². The molecule has 2 fully saturated rings. The fourth-order valence-corrected chi connectivity index (χ4v) is 5.91. The normalized spacial score (nSPS) is 20.1. The van der Waals surface area contributed by atoms with Gasteiger partial charge in [-0.1, -0.05) is 18.2 Å². The number of ketones is 1. The fraction of sp³-hybridized carbons (Fsp3) is 0.452. The predicted octanol–water partition coefficient (Wildman–Crippen LogP) is 6.56. The number of fused-ring (bicyclic) bond motifs is 2. The van der Waals surface area contributed by atoms with Crippen molar-refractivity contribution in [1.29, 1.82) is 0 Å². The Morgan fingerprint density at radius 2 is 1.57 bits per heavy atom. The molecule has 3 heterocycles. The summed E-state index contributed by atoms with van der Waals surface area (Å²) < 4.78 is 88.5. The zero-order chi connectivity index (χ0) is 32.2. The number of para-hydroxylation sites is 1. The summed E-state index contributed by atoms with van der Waals surface area (Å²) in [6.45, 7) is 5.47. The maximum absolute atomic E-state index is 13.9. The summed E-state index contributed by atoms with van der Waals surface area (Å²) in [5.41, 5.74) is -3.51. The first-order chi connectivity index (χ1) is 20.4. The highest BCUT2D eigenvalue weighted by Gasteiger charge is 2.42. The van der Waals surface area contributed by atoms with Crippen molar-refractivity contribution in [2.24, 2.45) is 0 Å². The number of nitrogens with zero attached hydrogens (tertiary/aromatic N) is 3. The van der Waals surface area contributed by atoms with Gasteiger partial charge in [0.05, 0.1) is 23.2 Å². The lowest BCUT2D eigenvalue weighted by Crippen LogP contribution is -2.62. The topological polar surface area (TPSA) is 71.8 Å². The van der Waals surface area contributed by atoms with E-state index in [4.69, 9.17) is 4.74 Å². The number of hydrogen-bond donors (Lipinski definition) is 0. The van der Waals surface area contributed by atoms with Crippen LogP contribution in [-0.4, -0.2) is 69.5 Å². The number of halogens is 6. The van der Waals surface area contributed by atoms with Gasteiger partial charge < -0.3 is 9.64 Å². The minimum Gasteiger partial charge on any atom is -0.443 e. The SMILES string of the molecule is CC(C)(C)OC(=O)n1cc(CC2CN3CC(=O)CCC3CN2C(=O)c2cc(C(F)(F)F)cc(C(F)(F)F)c2)c2ccccc21. The quantitative estimate of drug-likeness (QED) is 0.309. The number of amides is 1. The highest BCUT2D eigenvalue weighted by molar-refractivity contribution is 5.96. The van der Waals surface area contributed by atoms with Crippen molar-refractivity contribution in [3.8, 4) is 0 Å². The highest BCUT2D eigenvalue weighted by atomic mass is 19.4. The molecule has 2 aromatic carbocycles. The number of ether oxygens (including phenoxy) is 1. The Bertz CT molecular complexity index is 1570. The van der Waals surface area contributed by atoms with Crippen LogP contribution in [0, 0.1) is 0 Å². The summed E-state index contributed by atoms with van der Waals surface area (Å²) in [5, 5.41) is 0.668. The molecule has 1 aromatic heterocycles. The first-order valence-corrected chi connectivity index (χ1v) is 14.1. The third kappa shape index (κ3) is 6.62. The van der Waals surface area contributed by atoms with Crippen molar-refractivity contribution >= 4 is 28.7 Å². The molecule has 0 saturated carbocycles. The molecule has 7 nitrogen and oxygen atoms in total. The van der Waals surface area contributed by atoms with Crippen LogP contribution in [0.2, 0.25) is 0 Å². The molecule has 2 unspecified atom stereocenters. The molecular formula is C31H31F6N3O4. The lowest BCUT2D eigenvalue weighted by Gasteiger charge is -2.48. The molecule has 2 aliphatic heterocycles. The van der Waals surface area contributed by atoms with Crippen LogP contribution in [0.25, 0.3) is 10.9 Å². The monoisotopic (exact) mass is 623 g/mol. The third-order valence-corrected chi connectivity index (χ3v) is 7.88. The standard InChI is InChI=1S/C31H31F6N3O4/c1-29(2,3)44-28(43)40-14-19(25-6-4-5-7-26(25)40)12-23-15-38-17-24(41)9-8-22(38)16-39(23)27(42)18-10-20(30(32,33)34)13-21(11-18)31(35,36)37/h4-7,10-11,13-14,22-23H,8-9,12,15-17H2,1-3H3. The molecule has 236 valence electrons. The van der Waals surface area contributed by atoms with E-state index in [1.807, 2.05) is 4.90 Å². The number of Topliss-reactive ketones (excluding diaryl/α,β-unsaturated/α-hetero) is 1. The van der Waals surface area contributed by atoms with Gasteiger partial charge in [0.15, 0.2) is 0 Å². The molecule has 0 radical (unpaired) electrons. The van der Waals surface area contributed by atoms with Crippen LogP contribution < -0.4 is 0 Å². The minimum absolute atomic E-state index is 0.00834. The Labute approximate surface area is 249 Å². The molecule has 0 N–H and O–H groups in total. The van der Waals surface area contributed by atoms with E-state index in [0.29, 0.717) is 35.0 Å². The Morgan fingerprint density at radius 3 is 2.18 bits per heavy atom. The number of piperazine rings is 1. The number of hydrogen-bond acceptors (Lipinski definition) is 5. The second-order valence-corrected chi connectivity index (χ2v) is 12.3. The summed E-state index contributed by atoms with van der Waals surface area (Å²) in [4.78, 5) is 42.4. The number of alkyl halides is 6. The average Bonchev–Trinajstić information content (AvgIpc) is 3.28. The van der Waals surface area contributed by atoms with Crippen LogP contribution in [-0.2, 0) is 28.3 Å². The number of carbonyl (C=O) groups is 3. The van der Waals surface area contributed by atoms with Crippen LogP contribution in [0.15, 0.2) is 48.7 Å². The third-order valence-electron chi connectivity index (χ3n) is 7.88. The Morgan fingerprint density at radius 1 is 0.932 bits per heavy atom. The molecular weight excluding hydrogens is 592 g/mol. The molecule has 0 spiro atoms. The fourth-order valence-electron chi connectivity index (χ4n) is 5.91. The van der Waals surface area contributed by atoms with Crippen molar-refractivity contribution in [2.45, 2.75) is 70.1 Å². The molecule has 2 atom stereocenters. The first kappa shape index (κ1) is 31.6. The molecule has 13 heteroatoms. The number of piperidine rings is 1. The number of carbonyl (C=O) groups excluding carboxylic acids is 3. The van der Waals surface area contributed by atoms with Crippen LogP contribution in [0.3, 0.4) is 0 Å². The van der Waals surface area contributed by atoms with Gasteiger partial charge in [-0.15, -0.1) is 0 Å². The Hall–Kier alpha value is -3.87. The molecule has 2 aliphatic rings. The summed E-state index contributed by atoms with van der Waals surface area (Å²) in [6, 6.07) is 6.85. The van der Waals surface area contributed by atoms with E-state index >= 15 is 0 Å². The molecule has 1 amide bonds. The van der Waals surface area contributed by atoms with E-state index in [2.05, 4.69) is 0 Å². The van der Waals surface area contributed by atoms with Gasteiger partial charge in [-0.3, -0.25) is 19.1 Å². The van der Waals surface area contributed by atoms with Gasteiger partial charge in [-0.25, -0.2) is 4.79 Å². The zero-order valence-corrected chi connectivity index (χ0v) is 24.3. The van der Waals surface area contributed by atoms with Gasteiger partial charge in [0.2, 0.25) is 0 Å². The molecule has 0 aliphatic carbocycles. The van der Waals surface area contributed by atoms with Crippen LogP contribution in [0.5, 0.6) is 0 Å². The number of aromatic nitrogens is 1. The lowest BCUT2D eigenvalue weighted by atomic mass is 9.92.